The van der Waals surface area contributed by atoms with Crippen LogP contribution >= 0.6 is 0 Å². The van der Waals surface area contributed by atoms with Crippen LogP contribution in [0, 0.1) is 0 Å². The Labute approximate surface area is 226 Å². The molecule has 1 aromatic heterocycles. The van der Waals surface area contributed by atoms with Crippen molar-refractivity contribution < 1.29 is 19.0 Å². The number of benzene rings is 3. The first kappa shape index (κ1) is 24.7. The SMILES string of the molecule is CC(C)N1CCn2c(Cc3ccccc3-c3ccc4c(c3)OCO4)nc(=O)c(OCc3ccccc3)c2C1=O. The molecule has 0 aliphatic carbocycles. The van der Waals surface area contributed by atoms with Crippen LogP contribution in [0.3, 0.4) is 0 Å². The molecule has 0 bridgehead atoms. The van der Waals surface area contributed by atoms with E-state index >= 15 is 0 Å². The van der Waals surface area contributed by atoms with E-state index in [2.05, 4.69) is 4.98 Å². The quantitative estimate of drug-likeness (QED) is 0.350. The van der Waals surface area contributed by atoms with Gasteiger partial charge in [0.25, 0.3) is 5.91 Å². The highest BCUT2D eigenvalue weighted by atomic mass is 16.7. The summed E-state index contributed by atoms with van der Waals surface area (Å²) in [4.78, 5) is 33.3. The first-order valence-corrected chi connectivity index (χ1v) is 13.1. The molecule has 0 saturated carbocycles. The molecule has 2 aliphatic rings. The molecule has 8 heteroatoms. The smallest absolute Gasteiger partial charge is 0.316 e. The van der Waals surface area contributed by atoms with Crippen LogP contribution in [0.2, 0.25) is 0 Å². The first-order chi connectivity index (χ1) is 19.0. The minimum absolute atomic E-state index is 0.00186. The van der Waals surface area contributed by atoms with Crippen LogP contribution in [0.4, 0.5) is 0 Å². The zero-order valence-electron chi connectivity index (χ0n) is 21.9. The largest absolute Gasteiger partial charge is 0.481 e. The van der Waals surface area contributed by atoms with Crippen molar-refractivity contribution in [1.82, 2.24) is 14.5 Å². The molecule has 0 unspecified atom stereocenters. The van der Waals surface area contributed by atoms with E-state index in [0.717, 1.165) is 28.0 Å². The van der Waals surface area contributed by atoms with Gasteiger partial charge < -0.3 is 23.7 Å². The van der Waals surface area contributed by atoms with Gasteiger partial charge >= 0.3 is 5.56 Å². The molecule has 0 spiro atoms. The van der Waals surface area contributed by atoms with Gasteiger partial charge in [-0.2, -0.15) is 4.98 Å². The standard InChI is InChI=1S/C31H29N3O5/c1-20(2)33-14-15-34-27(32-30(35)29(28(34)31(33)36)37-18-21-8-4-3-5-9-21)17-22-10-6-7-11-24(22)23-12-13-25-26(16-23)39-19-38-25/h3-13,16,20H,14-15,17-19H2,1-2H3. The van der Waals surface area contributed by atoms with E-state index in [4.69, 9.17) is 14.2 Å². The summed E-state index contributed by atoms with van der Waals surface area (Å²) < 4.78 is 18.9. The van der Waals surface area contributed by atoms with Crippen molar-refractivity contribution in [2.75, 3.05) is 13.3 Å². The normalized spacial score (nSPS) is 14.0. The Kier molecular flexibility index (Phi) is 6.52. The molecule has 6 rings (SSSR count). The van der Waals surface area contributed by atoms with Crippen molar-refractivity contribution in [3.05, 3.63) is 106 Å². The number of fused-ring (bicyclic) bond motifs is 2. The van der Waals surface area contributed by atoms with E-state index in [0.29, 0.717) is 31.1 Å². The van der Waals surface area contributed by atoms with Gasteiger partial charge in [0.1, 0.15) is 12.4 Å². The van der Waals surface area contributed by atoms with Gasteiger partial charge in [0, 0.05) is 25.6 Å². The lowest BCUT2D eigenvalue weighted by Gasteiger charge is -2.34. The highest BCUT2D eigenvalue weighted by Crippen LogP contribution is 2.37. The second-order valence-electron chi connectivity index (χ2n) is 9.93. The number of hydrogen-bond acceptors (Lipinski definition) is 6. The molecule has 0 radical (unpaired) electrons. The summed E-state index contributed by atoms with van der Waals surface area (Å²) in [6, 6.07) is 23.4. The molecule has 2 aliphatic heterocycles. The lowest BCUT2D eigenvalue weighted by molar-refractivity contribution is 0.0634. The third kappa shape index (κ3) is 4.74. The van der Waals surface area contributed by atoms with Crippen molar-refractivity contribution in [2.45, 2.75) is 39.5 Å². The summed E-state index contributed by atoms with van der Waals surface area (Å²) in [5.41, 5.74) is 3.58. The molecular weight excluding hydrogens is 494 g/mol. The topological polar surface area (TPSA) is 82.9 Å². The number of rotatable bonds is 7. The maximum absolute atomic E-state index is 13.7. The predicted octanol–water partition coefficient (Wildman–Crippen LogP) is 4.67. The first-order valence-electron chi connectivity index (χ1n) is 13.1. The molecule has 3 heterocycles. The van der Waals surface area contributed by atoms with Crippen LogP contribution in [-0.2, 0) is 19.6 Å². The molecule has 4 aromatic rings. The molecule has 0 saturated heterocycles. The third-order valence-corrected chi connectivity index (χ3v) is 7.15. The zero-order chi connectivity index (χ0) is 26.9. The van der Waals surface area contributed by atoms with Gasteiger partial charge in [0.15, 0.2) is 17.2 Å². The Balaban J connectivity index is 1.40. The van der Waals surface area contributed by atoms with E-state index in [9.17, 15) is 9.59 Å². The lowest BCUT2D eigenvalue weighted by Crippen LogP contribution is -2.46. The maximum atomic E-state index is 13.7. The van der Waals surface area contributed by atoms with E-state index in [-0.39, 0.29) is 36.8 Å². The van der Waals surface area contributed by atoms with Crippen molar-refractivity contribution in [2.24, 2.45) is 0 Å². The number of amides is 1. The predicted molar refractivity (Wildman–Crippen MR) is 146 cm³/mol. The lowest BCUT2D eigenvalue weighted by atomic mass is 9.97. The van der Waals surface area contributed by atoms with Crippen molar-refractivity contribution in [3.63, 3.8) is 0 Å². The number of nitrogens with zero attached hydrogens (tertiary/aromatic N) is 3. The Morgan fingerprint density at radius 2 is 1.69 bits per heavy atom. The summed E-state index contributed by atoms with van der Waals surface area (Å²) in [6.45, 7) is 5.38. The Hall–Kier alpha value is -4.59. The fraction of sp³-hybridized carbons (Fsp3) is 0.258. The summed E-state index contributed by atoms with van der Waals surface area (Å²) in [5, 5.41) is 0. The minimum Gasteiger partial charge on any atom is -0.481 e. The second-order valence-corrected chi connectivity index (χ2v) is 9.93. The van der Waals surface area contributed by atoms with Crippen molar-refractivity contribution in [1.29, 1.82) is 0 Å². The molecule has 8 nitrogen and oxygen atoms in total. The van der Waals surface area contributed by atoms with Gasteiger partial charge in [0.2, 0.25) is 12.5 Å². The summed E-state index contributed by atoms with van der Waals surface area (Å²) in [7, 11) is 0. The summed E-state index contributed by atoms with van der Waals surface area (Å²) in [5.74, 6) is 1.74. The molecule has 39 heavy (non-hydrogen) atoms. The average Bonchev–Trinajstić information content (AvgIpc) is 3.42. The maximum Gasteiger partial charge on any atom is 0.316 e. The van der Waals surface area contributed by atoms with E-state index in [1.807, 2.05) is 91.2 Å². The number of ether oxygens (including phenoxy) is 3. The van der Waals surface area contributed by atoms with Gasteiger partial charge in [-0.3, -0.25) is 9.59 Å². The van der Waals surface area contributed by atoms with Crippen LogP contribution in [0.15, 0.2) is 77.6 Å². The molecule has 3 aromatic carbocycles. The van der Waals surface area contributed by atoms with Crippen LogP contribution < -0.4 is 19.8 Å². The Morgan fingerprint density at radius 3 is 2.51 bits per heavy atom. The number of aromatic nitrogens is 2. The van der Waals surface area contributed by atoms with Crippen LogP contribution in [0.25, 0.3) is 11.1 Å². The fourth-order valence-electron chi connectivity index (χ4n) is 5.16. The van der Waals surface area contributed by atoms with E-state index in [1.165, 1.54) is 0 Å². The highest BCUT2D eigenvalue weighted by Gasteiger charge is 2.33. The average molecular weight is 524 g/mol. The molecule has 0 fully saturated rings. The number of carbonyl (C=O) groups excluding carboxylic acids is 1. The van der Waals surface area contributed by atoms with Crippen LogP contribution in [-0.4, -0.2) is 39.7 Å². The zero-order valence-corrected chi connectivity index (χ0v) is 21.9. The fourth-order valence-corrected chi connectivity index (χ4v) is 5.16. The number of carbonyl (C=O) groups is 1. The highest BCUT2D eigenvalue weighted by molar-refractivity contribution is 5.96. The van der Waals surface area contributed by atoms with Gasteiger partial charge in [-0.1, -0.05) is 60.7 Å². The van der Waals surface area contributed by atoms with Crippen molar-refractivity contribution in [3.8, 4) is 28.4 Å². The molecule has 0 N–H and O–H groups in total. The third-order valence-electron chi connectivity index (χ3n) is 7.15. The monoisotopic (exact) mass is 523 g/mol. The molecule has 1 amide bonds. The minimum atomic E-state index is -0.535. The van der Waals surface area contributed by atoms with Crippen LogP contribution in [0.5, 0.6) is 17.2 Å². The van der Waals surface area contributed by atoms with Gasteiger partial charge in [-0.05, 0) is 48.2 Å². The van der Waals surface area contributed by atoms with E-state index in [1.54, 1.807) is 4.90 Å². The molecule has 198 valence electrons. The van der Waals surface area contributed by atoms with Crippen molar-refractivity contribution >= 4 is 5.91 Å². The second kappa shape index (κ2) is 10.3. The number of hydrogen-bond donors (Lipinski definition) is 0. The van der Waals surface area contributed by atoms with E-state index < -0.39 is 5.56 Å². The van der Waals surface area contributed by atoms with Crippen LogP contribution in [0.1, 0.15) is 41.3 Å². The Bertz CT molecular complexity index is 1600. The van der Waals surface area contributed by atoms with Gasteiger partial charge in [-0.15, -0.1) is 0 Å². The Morgan fingerprint density at radius 1 is 0.923 bits per heavy atom. The molecule has 0 atom stereocenters. The molecular formula is C31H29N3O5. The van der Waals surface area contributed by atoms with Gasteiger partial charge in [-0.25, -0.2) is 0 Å². The van der Waals surface area contributed by atoms with Gasteiger partial charge in [0.05, 0.1) is 0 Å². The summed E-state index contributed by atoms with van der Waals surface area (Å²) in [6.07, 6.45) is 0.376. The summed E-state index contributed by atoms with van der Waals surface area (Å²) >= 11 is 0.